The van der Waals surface area contributed by atoms with Crippen LogP contribution in [0.3, 0.4) is 0 Å². The predicted octanol–water partition coefficient (Wildman–Crippen LogP) is 3.05. The van der Waals surface area contributed by atoms with Gasteiger partial charge in [0.15, 0.2) is 0 Å². The lowest BCUT2D eigenvalue weighted by molar-refractivity contribution is 0.789. The van der Waals surface area contributed by atoms with E-state index in [1.165, 1.54) is 0 Å². The van der Waals surface area contributed by atoms with Crippen LogP contribution in [0.4, 0.5) is 0 Å². The van der Waals surface area contributed by atoms with Gasteiger partial charge in [0.25, 0.3) is 0 Å². The fraction of sp³-hybridized carbons (Fsp3) is 0.133. The van der Waals surface area contributed by atoms with Gasteiger partial charge in [-0.1, -0.05) is 36.4 Å². The van der Waals surface area contributed by atoms with E-state index in [4.69, 9.17) is 5.73 Å². The standard InChI is InChI=1S/C15H15N3/c1-11(16)13-7-3-5-9-15(13)18-14-8-4-2-6-12(14)10-17-18/h2-11H,16H2,1H3/t11-/m1/s1. The molecule has 0 amide bonds. The van der Waals surface area contributed by atoms with Gasteiger partial charge in [0, 0.05) is 11.4 Å². The Morgan fingerprint density at radius 3 is 2.61 bits per heavy atom. The van der Waals surface area contributed by atoms with Crippen molar-refractivity contribution in [2.75, 3.05) is 0 Å². The molecule has 0 bridgehead atoms. The Bertz CT molecular complexity index is 683. The minimum Gasteiger partial charge on any atom is -0.324 e. The molecule has 0 saturated carbocycles. The van der Waals surface area contributed by atoms with Gasteiger partial charge in [0.05, 0.1) is 17.4 Å². The van der Waals surface area contributed by atoms with Crippen LogP contribution >= 0.6 is 0 Å². The SMILES string of the molecule is C[C@@H](N)c1ccccc1-n1ncc2ccccc21. The van der Waals surface area contributed by atoms with Gasteiger partial charge in [-0.15, -0.1) is 0 Å². The van der Waals surface area contributed by atoms with Crippen LogP contribution in [0.25, 0.3) is 16.6 Å². The molecule has 0 aliphatic carbocycles. The Kier molecular flexibility index (Phi) is 2.61. The van der Waals surface area contributed by atoms with E-state index >= 15 is 0 Å². The van der Waals surface area contributed by atoms with Crippen molar-refractivity contribution in [3.05, 3.63) is 60.3 Å². The van der Waals surface area contributed by atoms with Gasteiger partial charge in [-0.25, -0.2) is 4.68 Å². The number of nitrogens with zero attached hydrogens (tertiary/aromatic N) is 2. The summed E-state index contributed by atoms with van der Waals surface area (Å²) in [5, 5.41) is 5.61. The van der Waals surface area contributed by atoms with Gasteiger partial charge in [0.1, 0.15) is 0 Å². The van der Waals surface area contributed by atoms with Crippen LogP contribution in [0.5, 0.6) is 0 Å². The maximum atomic E-state index is 6.02. The van der Waals surface area contributed by atoms with E-state index in [9.17, 15) is 0 Å². The number of rotatable bonds is 2. The third-order valence-electron chi connectivity index (χ3n) is 3.13. The zero-order valence-corrected chi connectivity index (χ0v) is 10.2. The normalized spacial score (nSPS) is 12.8. The molecular formula is C15H15N3. The van der Waals surface area contributed by atoms with Gasteiger partial charge in [0.2, 0.25) is 0 Å². The molecule has 3 heteroatoms. The Labute approximate surface area is 106 Å². The van der Waals surface area contributed by atoms with Gasteiger partial charge in [-0.2, -0.15) is 5.10 Å². The molecule has 0 radical (unpaired) electrons. The van der Waals surface area contributed by atoms with Crippen molar-refractivity contribution in [2.24, 2.45) is 5.73 Å². The first-order valence-corrected chi connectivity index (χ1v) is 6.05. The van der Waals surface area contributed by atoms with E-state index < -0.39 is 0 Å². The van der Waals surface area contributed by atoms with E-state index in [0.29, 0.717) is 0 Å². The highest BCUT2D eigenvalue weighted by molar-refractivity contribution is 5.80. The number of benzene rings is 2. The quantitative estimate of drug-likeness (QED) is 0.744. The lowest BCUT2D eigenvalue weighted by atomic mass is 10.1. The summed E-state index contributed by atoms with van der Waals surface area (Å²) in [6.07, 6.45) is 1.88. The second-order valence-electron chi connectivity index (χ2n) is 4.46. The highest BCUT2D eigenvalue weighted by Crippen LogP contribution is 2.23. The second-order valence-corrected chi connectivity index (χ2v) is 4.46. The summed E-state index contributed by atoms with van der Waals surface area (Å²) in [4.78, 5) is 0. The minimum absolute atomic E-state index is 0.0100. The van der Waals surface area contributed by atoms with E-state index in [1.807, 2.05) is 42.1 Å². The largest absolute Gasteiger partial charge is 0.324 e. The molecule has 3 nitrogen and oxygen atoms in total. The predicted molar refractivity (Wildman–Crippen MR) is 73.7 cm³/mol. The lowest BCUT2D eigenvalue weighted by Gasteiger charge is -2.13. The van der Waals surface area contributed by atoms with E-state index in [2.05, 4.69) is 29.4 Å². The maximum Gasteiger partial charge on any atom is 0.0741 e. The molecule has 0 unspecified atom stereocenters. The van der Waals surface area contributed by atoms with E-state index in [1.54, 1.807) is 0 Å². The molecule has 90 valence electrons. The Hall–Kier alpha value is -2.13. The van der Waals surface area contributed by atoms with Crippen LogP contribution in [-0.2, 0) is 0 Å². The number of fused-ring (bicyclic) bond motifs is 1. The topological polar surface area (TPSA) is 43.8 Å². The summed E-state index contributed by atoms with van der Waals surface area (Å²) in [7, 11) is 0. The highest BCUT2D eigenvalue weighted by Gasteiger charge is 2.10. The number of hydrogen-bond donors (Lipinski definition) is 1. The van der Waals surface area contributed by atoms with Crippen LogP contribution in [-0.4, -0.2) is 9.78 Å². The molecule has 3 aromatic rings. The zero-order valence-electron chi connectivity index (χ0n) is 10.2. The molecule has 0 aliphatic rings. The molecule has 2 aromatic carbocycles. The molecule has 2 N–H and O–H groups in total. The number of aromatic nitrogens is 2. The van der Waals surface area contributed by atoms with Crippen molar-refractivity contribution in [3.63, 3.8) is 0 Å². The molecular weight excluding hydrogens is 222 g/mol. The molecule has 1 atom stereocenters. The fourth-order valence-electron chi connectivity index (χ4n) is 2.23. The lowest BCUT2D eigenvalue weighted by Crippen LogP contribution is -2.10. The smallest absolute Gasteiger partial charge is 0.0741 e. The third kappa shape index (κ3) is 1.69. The van der Waals surface area contributed by atoms with Crippen molar-refractivity contribution >= 4 is 10.9 Å². The second kappa shape index (κ2) is 4.27. The molecule has 18 heavy (non-hydrogen) atoms. The van der Waals surface area contributed by atoms with Crippen molar-refractivity contribution in [2.45, 2.75) is 13.0 Å². The first-order chi connectivity index (χ1) is 8.77. The van der Waals surface area contributed by atoms with Gasteiger partial charge >= 0.3 is 0 Å². The molecule has 0 aliphatic heterocycles. The highest BCUT2D eigenvalue weighted by atomic mass is 15.3. The number of para-hydroxylation sites is 2. The molecule has 3 rings (SSSR count). The number of hydrogen-bond acceptors (Lipinski definition) is 2. The summed E-state index contributed by atoms with van der Waals surface area (Å²) < 4.78 is 1.95. The monoisotopic (exact) mass is 237 g/mol. The third-order valence-corrected chi connectivity index (χ3v) is 3.13. The fourth-order valence-corrected chi connectivity index (χ4v) is 2.23. The minimum atomic E-state index is -0.0100. The molecule has 0 fully saturated rings. The van der Waals surface area contributed by atoms with Crippen LogP contribution < -0.4 is 5.73 Å². The summed E-state index contributed by atoms with van der Waals surface area (Å²) in [6, 6.07) is 16.3. The summed E-state index contributed by atoms with van der Waals surface area (Å²) in [5.74, 6) is 0. The van der Waals surface area contributed by atoms with E-state index in [0.717, 1.165) is 22.2 Å². The molecule has 1 aromatic heterocycles. The Morgan fingerprint density at radius 2 is 1.78 bits per heavy atom. The average Bonchev–Trinajstić information content (AvgIpc) is 2.82. The van der Waals surface area contributed by atoms with Crippen LogP contribution in [0.15, 0.2) is 54.7 Å². The van der Waals surface area contributed by atoms with Gasteiger partial charge in [-0.3, -0.25) is 0 Å². The van der Waals surface area contributed by atoms with Crippen molar-refractivity contribution in [3.8, 4) is 5.69 Å². The molecule has 0 saturated heterocycles. The average molecular weight is 237 g/mol. The summed E-state index contributed by atoms with van der Waals surface area (Å²) >= 11 is 0. The number of nitrogens with two attached hydrogens (primary N) is 1. The van der Waals surface area contributed by atoms with Crippen LogP contribution in [0.2, 0.25) is 0 Å². The summed E-state index contributed by atoms with van der Waals surface area (Å²) in [5.41, 5.74) is 9.28. The van der Waals surface area contributed by atoms with Crippen molar-refractivity contribution < 1.29 is 0 Å². The maximum absolute atomic E-state index is 6.02. The van der Waals surface area contributed by atoms with Crippen LogP contribution in [0, 0.1) is 0 Å². The zero-order chi connectivity index (χ0) is 12.5. The van der Waals surface area contributed by atoms with Gasteiger partial charge < -0.3 is 5.73 Å². The summed E-state index contributed by atoms with van der Waals surface area (Å²) in [6.45, 7) is 1.99. The van der Waals surface area contributed by atoms with Crippen LogP contribution in [0.1, 0.15) is 18.5 Å². The van der Waals surface area contributed by atoms with E-state index in [-0.39, 0.29) is 6.04 Å². The van der Waals surface area contributed by atoms with Crippen molar-refractivity contribution in [1.82, 2.24) is 9.78 Å². The molecule has 1 heterocycles. The van der Waals surface area contributed by atoms with Gasteiger partial charge in [-0.05, 0) is 24.6 Å². The molecule has 0 spiro atoms. The Balaban J connectivity index is 2.27. The Morgan fingerprint density at radius 1 is 1.06 bits per heavy atom. The first-order valence-electron chi connectivity index (χ1n) is 6.05. The van der Waals surface area contributed by atoms with Crippen molar-refractivity contribution in [1.29, 1.82) is 0 Å². The first kappa shape index (κ1) is 11.0.